The van der Waals surface area contributed by atoms with Gasteiger partial charge in [0.25, 0.3) is 5.91 Å². The van der Waals surface area contributed by atoms with Crippen LogP contribution >= 0.6 is 0 Å². The van der Waals surface area contributed by atoms with Crippen LogP contribution in [0.25, 0.3) is 5.70 Å². The van der Waals surface area contributed by atoms with Gasteiger partial charge in [-0.15, -0.1) is 0 Å². The van der Waals surface area contributed by atoms with Gasteiger partial charge in [0.2, 0.25) is 0 Å². The highest BCUT2D eigenvalue weighted by Gasteiger charge is 2.38. The second-order valence-corrected chi connectivity index (χ2v) is 8.82. The van der Waals surface area contributed by atoms with Crippen molar-refractivity contribution >= 4 is 29.3 Å². The zero-order valence-corrected chi connectivity index (χ0v) is 21.4. The lowest BCUT2D eigenvalue weighted by Crippen LogP contribution is -2.48. The lowest BCUT2D eigenvalue weighted by atomic mass is 9.91. The number of unbranched alkanes of at least 4 members (excludes halogenated alkanes) is 1. The molecule has 1 atom stereocenters. The maximum absolute atomic E-state index is 13.4. The lowest BCUT2D eigenvalue weighted by molar-refractivity contribution is -0.138. The first kappa shape index (κ1) is 26.6. The molecule has 7 nitrogen and oxygen atoms in total. The number of rotatable bonds is 9. The molecular weight excluding hydrogens is 485 g/mol. The molecule has 0 aliphatic carbocycles. The van der Waals surface area contributed by atoms with Gasteiger partial charge in [-0.25, -0.2) is 14.0 Å². The molecule has 0 bridgehead atoms. The molecule has 1 unspecified atom stereocenters. The molecule has 38 heavy (non-hydrogen) atoms. The highest BCUT2D eigenvalue weighted by Crippen LogP contribution is 2.37. The Hall–Kier alpha value is -4.46. The van der Waals surface area contributed by atoms with Crippen LogP contribution in [0.5, 0.6) is 0 Å². The summed E-state index contributed by atoms with van der Waals surface area (Å²) in [7, 11) is 0. The van der Waals surface area contributed by atoms with E-state index < -0.39 is 23.7 Å². The van der Waals surface area contributed by atoms with E-state index in [1.807, 2.05) is 37.3 Å². The summed E-state index contributed by atoms with van der Waals surface area (Å²) in [5.74, 6) is -1.37. The quantitative estimate of drug-likeness (QED) is 0.347. The highest BCUT2D eigenvalue weighted by molar-refractivity contribution is 6.05. The summed E-state index contributed by atoms with van der Waals surface area (Å²) in [6, 6.07) is 20.3. The number of carbonyl (C=O) groups excluding carboxylic acids is 3. The molecule has 1 heterocycles. The molecule has 3 amide bonds. The standard InChI is InChI=1S/C30H30FN3O4/c1-3-5-18-34-27(20-10-7-6-8-11-20)25(29(36)38-4-2)26(33-30(34)37)22-12-9-13-24(19-22)32-28(35)21-14-16-23(31)17-15-21/h6-17,19,26H,3-5,18H2,1-2H3,(H,32,35)(H,33,37). The number of hydrogen-bond donors (Lipinski definition) is 2. The molecule has 0 aromatic heterocycles. The van der Waals surface area contributed by atoms with Crippen LogP contribution in [-0.4, -0.2) is 36.0 Å². The first-order chi connectivity index (χ1) is 18.4. The molecule has 8 heteroatoms. The number of anilines is 1. The monoisotopic (exact) mass is 515 g/mol. The Kier molecular flexibility index (Phi) is 8.53. The molecular formula is C30H30FN3O4. The summed E-state index contributed by atoms with van der Waals surface area (Å²) in [5, 5.41) is 5.77. The van der Waals surface area contributed by atoms with Crippen LogP contribution in [-0.2, 0) is 9.53 Å². The summed E-state index contributed by atoms with van der Waals surface area (Å²) < 4.78 is 18.7. The average molecular weight is 516 g/mol. The first-order valence-electron chi connectivity index (χ1n) is 12.6. The summed E-state index contributed by atoms with van der Waals surface area (Å²) in [4.78, 5) is 41.1. The number of esters is 1. The van der Waals surface area contributed by atoms with Crippen molar-refractivity contribution in [2.45, 2.75) is 32.7 Å². The van der Waals surface area contributed by atoms with E-state index in [0.717, 1.165) is 18.4 Å². The van der Waals surface area contributed by atoms with E-state index >= 15 is 0 Å². The fraction of sp³-hybridized carbons (Fsp3) is 0.233. The van der Waals surface area contributed by atoms with E-state index in [1.165, 1.54) is 24.3 Å². The summed E-state index contributed by atoms with van der Waals surface area (Å²) >= 11 is 0. The average Bonchev–Trinajstić information content (AvgIpc) is 2.93. The molecule has 0 spiro atoms. The van der Waals surface area contributed by atoms with Crippen molar-refractivity contribution in [2.24, 2.45) is 0 Å². The third kappa shape index (κ3) is 5.91. The minimum atomic E-state index is -0.808. The van der Waals surface area contributed by atoms with Crippen molar-refractivity contribution in [3.8, 4) is 0 Å². The third-order valence-electron chi connectivity index (χ3n) is 6.19. The van der Waals surface area contributed by atoms with Crippen LogP contribution in [0.15, 0.2) is 84.4 Å². The van der Waals surface area contributed by atoms with Gasteiger partial charge in [0.1, 0.15) is 5.82 Å². The molecule has 3 aromatic rings. The summed E-state index contributed by atoms with van der Waals surface area (Å²) in [6.45, 7) is 4.38. The Bertz CT molecular complexity index is 1340. The summed E-state index contributed by atoms with van der Waals surface area (Å²) in [6.07, 6.45) is 1.63. The SMILES string of the molecule is CCCCN1C(=O)NC(c2cccc(NC(=O)c3ccc(F)cc3)c2)C(C(=O)OCC)=C1c1ccccc1. The molecule has 4 rings (SSSR count). The molecule has 1 aliphatic rings. The fourth-order valence-electron chi connectivity index (χ4n) is 4.37. The second-order valence-electron chi connectivity index (χ2n) is 8.82. The van der Waals surface area contributed by atoms with Gasteiger partial charge in [0.15, 0.2) is 0 Å². The number of hydrogen-bond acceptors (Lipinski definition) is 4. The second kappa shape index (κ2) is 12.2. The topological polar surface area (TPSA) is 87.7 Å². The number of nitrogens with zero attached hydrogens (tertiary/aromatic N) is 1. The van der Waals surface area contributed by atoms with Crippen LogP contribution in [0.2, 0.25) is 0 Å². The predicted molar refractivity (Wildman–Crippen MR) is 144 cm³/mol. The molecule has 3 aromatic carbocycles. The molecule has 2 N–H and O–H groups in total. The zero-order valence-electron chi connectivity index (χ0n) is 21.4. The Morgan fingerprint density at radius 3 is 2.42 bits per heavy atom. The first-order valence-corrected chi connectivity index (χ1v) is 12.6. The van der Waals surface area contributed by atoms with Gasteiger partial charge in [0, 0.05) is 17.8 Å². The Morgan fingerprint density at radius 1 is 1.00 bits per heavy atom. The Labute approximate surface area is 221 Å². The van der Waals surface area contributed by atoms with Crippen molar-refractivity contribution < 1.29 is 23.5 Å². The molecule has 0 fully saturated rings. The van der Waals surface area contributed by atoms with Crippen LogP contribution in [0.4, 0.5) is 14.9 Å². The predicted octanol–water partition coefficient (Wildman–Crippen LogP) is 5.92. The van der Waals surface area contributed by atoms with Gasteiger partial charge in [-0.3, -0.25) is 9.69 Å². The van der Waals surface area contributed by atoms with E-state index in [-0.39, 0.29) is 12.6 Å². The molecule has 0 saturated carbocycles. The Morgan fingerprint density at radius 2 is 1.74 bits per heavy atom. The van der Waals surface area contributed by atoms with E-state index in [0.29, 0.717) is 34.6 Å². The van der Waals surface area contributed by atoms with Gasteiger partial charge >= 0.3 is 12.0 Å². The molecule has 1 aliphatic heterocycles. The largest absolute Gasteiger partial charge is 0.463 e. The minimum absolute atomic E-state index is 0.174. The van der Waals surface area contributed by atoms with Crippen LogP contribution < -0.4 is 10.6 Å². The lowest BCUT2D eigenvalue weighted by Gasteiger charge is -2.37. The van der Waals surface area contributed by atoms with Gasteiger partial charge in [-0.2, -0.15) is 0 Å². The fourth-order valence-corrected chi connectivity index (χ4v) is 4.37. The minimum Gasteiger partial charge on any atom is -0.463 e. The third-order valence-corrected chi connectivity index (χ3v) is 6.19. The number of urea groups is 1. The van der Waals surface area contributed by atoms with Gasteiger partial charge in [-0.1, -0.05) is 55.8 Å². The van der Waals surface area contributed by atoms with Crippen molar-refractivity contribution in [1.29, 1.82) is 0 Å². The number of nitrogens with one attached hydrogen (secondary N) is 2. The van der Waals surface area contributed by atoms with Crippen LogP contribution in [0, 0.1) is 5.82 Å². The van der Waals surface area contributed by atoms with E-state index in [1.54, 1.807) is 36.1 Å². The van der Waals surface area contributed by atoms with Gasteiger partial charge in [-0.05, 0) is 60.9 Å². The normalized spacial score (nSPS) is 15.2. The molecule has 196 valence electrons. The highest BCUT2D eigenvalue weighted by atomic mass is 19.1. The van der Waals surface area contributed by atoms with Gasteiger partial charge < -0.3 is 15.4 Å². The number of amides is 3. The summed E-state index contributed by atoms with van der Waals surface area (Å²) in [5.41, 5.74) is 2.91. The van der Waals surface area contributed by atoms with E-state index in [9.17, 15) is 18.8 Å². The van der Waals surface area contributed by atoms with Crippen LogP contribution in [0.1, 0.15) is 54.2 Å². The van der Waals surface area contributed by atoms with Crippen LogP contribution in [0.3, 0.4) is 0 Å². The number of benzene rings is 3. The zero-order chi connectivity index (χ0) is 27.1. The maximum atomic E-state index is 13.4. The maximum Gasteiger partial charge on any atom is 0.338 e. The number of ether oxygens (including phenoxy) is 1. The van der Waals surface area contributed by atoms with E-state index in [4.69, 9.17) is 4.74 Å². The van der Waals surface area contributed by atoms with Crippen molar-refractivity contribution in [1.82, 2.24) is 10.2 Å². The Balaban J connectivity index is 1.78. The molecule has 0 radical (unpaired) electrons. The van der Waals surface area contributed by atoms with Gasteiger partial charge in [0.05, 0.1) is 23.9 Å². The smallest absolute Gasteiger partial charge is 0.338 e. The van der Waals surface area contributed by atoms with Crippen molar-refractivity contribution in [3.05, 3.63) is 107 Å². The van der Waals surface area contributed by atoms with Crippen molar-refractivity contribution in [3.63, 3.8) is 0 Å². The number of halogens is 1. The molecule has 0 saturated heterocycles. The number of carbonyl (C=O) groups is 3. The van der Waals surface area contributed by atoms with E-state index in [2.05, 4.69) is 10.6 Å². The van der Waals surface area contributed by atoms with Crippen molar-refractivity contribution in [2.75, 3.05) is 18.5 Å².